The molecule has 2 heterocycles. The maximum Gasteiger partial charge on any atom is 0.123 e. The second-order valence-corrected chi connectivity index (χ2v) is 6.35. The molecule has 1 aliphatic carbocycles. The Kier molecular flexibility index (Phi) is 2.85. The van der Waals surface area contributed by atoms with E-state index in [1.165, 1.54) is 23.4 Å². The van der Waals surface area contributed by atoms with Gasteiger partial charge in [0.1, 0.15) is 5.03 Å². The SMILES string of the molecule is c1ccc(Sc2cc3n(n2)C(C2CC2)COC3)cc1. The highest BCUT2D eigenvalue weighted by Crippen LogP contribution is 2.42. The van der Waals surface area contributed by atoms with Crippen LogP contribution in [-0.2, 0) is 11.3 Å². The number of ether oxygens (including phenoxy) is 1. The van der Waals surface area contributed by atoms with E-state index in [9.17, 15) is 0 Å². The first-order valence-electron chi connectivity index (χ1n) is 6.79. The van der Waals surface area contributed by atoms with Crippen LogP contribution in [0.25, 0.3) is 0 Å². The molecule has 1 fully saturated rings. The van der Waals surface area contributed by atoms with Crippen molar-refractivity contribution in [3.63, 3.8) is 0 Å². The molecular weight excluding hydrogens is 256 g/mol. The minimum Gasteiger partial charge on any atom is -0.373 e. The average Bonchev–Trinajstić information content (AvgIpc) is 3.19. The zero-order chi connectivity index (χ0) is 12.7. The Morgan fingerprint density at radius 1 is 1.21 bits per heavy atom. The number of nitrogens with zero attached hydrogens (tertiary/aromatic N) is 2. The molecule has 0 bridgehead atoms. The van der Waals surface area contributed by atoms with E-state index >= 15 is 0 Å². The molecule has 0 radical (unpaired) electrons. The molecule has 98 valence electrons. The molecule has 3 nitrogen and oxygen atoms in total. The van der Waals surface area contributed by atoms with E-state index in [0.717, 1.165) is 17.6 Å². The van der Waals surface area contributed by atoms with Crippen LogP contribution in [-0.4, -0.2) is 16.4 Å². The van der Waals surface area contributed by atoms with Crippen molar-refractivity contribution in [2.24, 2.45) is 5.92 Å². The maximum absolute atomic E-state index is 5.70. The molecule has 19 heavy (non-hydrogen) atoms. The Hall–Kier alpha value is -1.26. The summed E-state index contributed by atoms with van der Waals surface area (Å²) in [6.45, 7) is 1.53. The van der Waals surface area contributed by atoms with Gasteiger partial charge in [-0.25, -0.2) is 0 Å². The first-order valence-corrected chi connectivity index (χ1v) is 7.61. The van der Waals surface area contributed by atoms with Crippen molar-refractivity contribution in [2.75, 3.05) is 6.61 Å². The van der Waals surface area contributed by atoms with Crippen molar-refractivity contribution >= 4 is 11.8 Å². The van der Waals surface area contributed by atoms with Crippen molar-refractivity contribution in [3.8, 4) is 0 Å². The fourth-order valence-corrected chi connectivity index (χ4v) is 3.49. The summed E-state index contributed by atoms with van der Waals surface area (Å²) in [5.41, 5.74) is 1.22. The third-order valence-electron chi connectivity index (χ3n) is 3.78. The van der Waals surface area contributed by atoms with Crippen molar-refractivity contribution in [2.45, 2.75) is 35.4 Å². The van der Waals surface area contributed by atoms with Crippen molar-refractivity contribution in [1.82, 2.24) is 9.78 Å². The van der Waals surface area contributed by atoms with E-state index in [2.05, 4.69) is 35.0 Å². The molecule has 1 aliphatic heterocycles. The van der Waals surface area contributed by atoms with E-state index < -0.39 is 0 Å². The van der Waals surface area contributed by atoms with Crippen LogP contribution in [0, 0.1) is 5.92 Å². The Morgan fingerprint density at radius 3 is 2.84 bits per heavy atom. The highest BCUT2D eigenvalue weighted by molar-refractivity contribution is 7.99. The summed E-state index contributed by atoms with van der Waals surface area (Å²) in [6.07, 6.45) is 2.66. The number of aromatic nitrogens is 2. The zero-order valence-corrected chi connectivity index (χ0v) is 11.5. The second-order valence-electron chi connectivity index (χ2n) is 5.25. The molecule has 0 N–H and O–H groups in total. The molecule has 0 spiro atoms. The van der Waals surface area contributed by atoms with E-state index in [0.29, 0.717) is 12.6 Å². The lowest BCUT2D eigenvalue weighted by molar-refractivity contribution is 0.0440. The highest BCUT2D eigenvalue weighted by Gasteiger charge is 2.36. The van der Waals surface area contributed by atoms with Crippen LogP contribution in [0.15, 0.2) is 46.3 Å². The third kappa shape index (κ3) is 2.30. The molecule has 0 saturated heterocycles. The van der Waals surface area contributed by atoms with Gasteiger partial charge < -0.3 is 4.74 Å². The van der Waals surface area contributed by atoms with Gasteiger partial charge in [-0.05, 0) is 37.0 Å². The molecular formula is C15H16N2OS. The van der Waals surface area contributed by atoms with Gasteiger partial charge in [-0.1, -0.05) is 30.0 Å². The van der Waals surface area contributed by atoms with Crippen LogP contribution in [0.2, 0.25) is 0 Å². The molecule has 4 rings (SSSR count). The summed E-state index contributed by atoms with van der Waals surface area (Å²) in [6, 6.07) is 13.1. The number of hydrogen-bond donors (Lipinski definition) is 0. The fraction of sp³-hybridized carbons (Fsp3) is 0.400. The largest absolute Gasteiger partial charge is 0.373 e. The Balaban J connectivity index is 1.61. The number of fused-ring (bicyclic) bond motifs is 1. The molecule has 0 amide bonds. The third-order valence-corrected chi connectivity index (χ3v) is 4.69. The van der Waals surface area contributed by atoms with Crippen LogP contribution in [0.3, 0.4) is 0 Å². The normalized spacial score (nSPS) is 22.2. The van der Waals surface area contributed by atoms with Gasteiger partial charge >= 0.3 is 0 Å². The van der Waals surface area contributed by atoms with Gasteiger partial charge in [0.05, 0.1) is 24.9 Å². The molecule has 1 aromatic carbocycles. The van der Waals surface area contributed by atoms with Gasteiger partial charge in [0.25, 0.3) is 0 Å². The Morgan fingerprint density at radius 2 is 2.05 bits per heavy atom. The summed E-state index contributed by atoms with van der Waals surface area (Å²) in [7, 11) is 0. The standard InChI is InChI=1S/C15H16N2OS/c1-2-4-13(5-3-1)19-15-8-12-9-18-10-14(11-6-7-11)17(12)16-15/h1-5,8,11,14H,6-7,9-10H2. The minimum atomic E-state index is 0.467. The van der Waals surface area contributed by atoms with Gasteiger partial charge in [-0.3, -0.25) is 4.68 Å². The predicted molar refractivity (Wildman–Crippen MR) is 74.2 cm³/mol. The molecule has 1 saturated carbocycles. The van der Waals surface area contributed by atoms with Crippen LogP contribution < -0.4 is 0 Å². The summed E-state index contributed by atoms with van der Waals surface area (Å²) >= 11 is 1.73. The Bertz CT molecular complexity index is 577. The monoisotopic (exact) mass is 272 g/mol. The minimum absolute atomic E-state index is 0.467. The van der Waals surface area contributed by atoms with Crippen LogP contribution >= 0.6 is 11.8 Å². The molecule has 2 aliphatic rings. The second kappa shape index (κ2) is 4.69. The van der Waals surface area contributed by atoms with Gasteiger partial charge in [0, 0.05) is 4.90 Å². The van der Waals surface area contributed by atoms with E-state index in [-0.39, 0.29) is 0 Å². The molecule has 4 heteroatoms. The van der Waals surface area contributed by atoms with E-state index in [1.807, 2.05) is 6.07 Å². The van der Waals surface area contributed by atoms with E-state index in [4.69, 9.17) is 9.84 Å². The van der Waals surface area contributed by atoms with Crippen molar-refractivity contribution in [1.29, 1.82) is 0 Å². The van der Waals surface area contributed by atoms with Crippen LogP contribution in [0.5, 0.6) is 0 Å². The van der Waals surface area contributed by atoms with Crippen LogP contribution in [0.4, 0.5) is 0 Å². The number of rotatable bonds is 3. The average molecular weight is 272 g/mol. The van der Waals surface area contributed by atoms with Crippen molar-refractivity contribution < 1.29 is 4.74 Å². The molecule has 1 unspecified atom stereocenters. The van der Waals surface area contributed by atoms with Crippen molar-refractivity contribution in [3.05, 3.63) is 42.1 Å². The summed E-state index contributed by atoms with van der Waals surface area (Å²) in [4.78, 5) is 1.24. The maximum atomic E-state index is 5.70. The highest BCUT2D eigenvalue weighted by atomic mass is 32.2. The van der Waals surface area contributed by atoms with Crippen LogP contribution in [0.1, 0.15) is 24.6 Å². The number of benzene rings is 1. The topological polar surface area (TPSA) is 27.1 Å². The molecule has 1 aromatic heterocycles. The zero-order valence-electron chi connectivity index (χ0n) is 10.7. The predicted octanol–water partition coefficient (Wildman–Crippen LogP) is 3.52. The van der Waals surface area contributed by atoms with Gasteiger partial charge in [0.2, 0.25) is 0 Å². The quantitative estimate of drug-likeness (QED) is 0.855. The molecule has 2 aromatic rings. The fourth-order valence-electron chi connectivity index (χ4n) is 2.63. The first-order chi connectivity index (χ1) is 9.40. The number of hydrogen-bond acceptors (Lipinski definition) is 3. The summed E-state index contributed by atoms with van der Waals surface area (Å²) in [5.74, 6) is 0.786. The Labute approximate surface area is 117 Å². The van der Waals surface area contributed by atoms with E-state index in [1.54, 1.807) is 11.8 Å². The lowest BCUT2D eigenvalue weighted by atomic mass is 10.2. The first kappa shape index (κ1) is 11.6. The van der Waals surface area contributed by atoms with Gasteiger partial charge in [-0.2, -0.15) is 5.10 Å². The molecule has 1 atom stereocenters. The summed E-state index contributed by atoms with van der Waals surface area (Å²) < 4.78 is 7.92. The lowest BCUT2D eigenvalue weighted by Gasteiger charge is -2.24. The summed E-state index contributed by atoms with van der Waals surface area (Å²) in [5, 5.41) is 5.87. The lowest BCUT2D eigenvalue weighted by Crippen LogP contribution is -2.25. The van der Waals surface area contributed by atoms with Gasteiger partial charge in [0.15, 0.2) is 0 Å². The smallest absolute Gasteiger partial charge is 0.123 e. The van der Waals surface area contributed by atoms with Gasteiger partial charge in [-0.15, -0.1) is 0 Å².